The minimum absolute atomic E-state index is 0.0375. The van der Waals surface area contributed by atoms with Crippen LogP contribution in [0.15, 0.2) is 41.2 Å². The number of benzene rings is 1. The number of amides is 3. The Balaban J connectivity index is 1.62. The molecule has 1 saturated heterocycles. The van der Waals surface area contributed by atoms with Gasteiger partial charge in [0.05, 0.1) is 23.7 Å². The van der Waals surface area contributed by atoms with Crippen LogP contribution in [0.5, 0.6) is 0 Å². The topological polar surface area (TPSA) is 85.8 Å². The zero-order chi connectivity index (χ0) is 21.6. The number of imide groups is 1. The number of allylic oxidation sites excluding steroid dienone is 1. The molecule has 1 aromatic carbocycles. The second kappa shape index (κ2) is 7.64. The van der Waals surface area contributed by atoms with E-state index in [9.17, 15) is 14.4 Å². The van der Waals surface area contributed by atoms with E-state index in [0.29, 0.717) is 11.0 Å². The standard InChI is InChI=1S/C20H22ClN5O4/c1-4-30-15(27)9-10-24-18(28)16-17(23(3)20(24)29)22-19-25(16)11-12(2)26(19)14-8-6-5-7-13(14)21/h5-8,11,16-17H,4,9-10H2,1-3H3. The number of halogens is 1. The predicted octanol–water partition coefficient (Wildman–Crippen LogP) is 2.23. The van der Waals surface area contributed by atoms with Gasteiger partial charge in [0.15, 0.2) is 12.2 Å². The fourth-order valence-electron chi connectivity index (χ4n) is 3.93. The number of para-hydroxylation sites is 1. The predicted molar refractivity (Wildman–Crippen MR) is 111 cm³/mol. The Labute approximate surface area is 179 Å². The summed E-state index contributed by atoms with van der Waals surface area (Å²) in [6, 6.07) is 6.18. The molecular formula is C20H22ClN5O4. The SMILES string of the molecule is CCOC(=O)CCN1C(=O)C2C(N=C3N(c4ccccc4Cl)C(C)=CN32)N(C)C1=O. The van der Waals surface area contributed by atoms with Crippen molar-refractivity contribution in [3.8, 4) is 0 Å². The lowest BCUT2D eigenvalue weighted by Crippen LogP contribution is -2.64. The molecule has 3 aliphatic rings. The van der Waals surface area contributed by atoms with Crippen LogP contribution in [-0.4, -0.2) is 71.0 Å². The number of urea groups is 1. The number of likely N-dealkylation sites (N-methyl/N-ethyl adjacent to an activating group) is 1. The molecule has 0 radical (unpaired) electrons. The second-order valence-electron chi connectivity index (χ2n) is 7.19. The van der Waals surface area contributed by atoms with Crippen LogP contribution in [0, 0.1) is 0 Å². The molecule has 0 bridgehead atoms. The van der Waals surface area contributed by atoms with Crippen molar-refractivity contribution in [3.05, 3.63) is 41.2 Å². The molecule has 1 fully saturated rings. The van der Waals surface area contributed by atoms with E-state index in [2.05, 4.69) is 4.99 Å². The lowest BCUT2D eigenvalue weighted by molar-refractivity contribution is -0.144. The van der Waals surface area contributed by atoms with E-state index in [4.69, 9.17) is 16.3 Å². The van der Waals surface area contributed by atoms with E-state index in [1.54, 1.807) is 24.9 Å². The number of ether oxygens (including phenoxy) is 1. The highest BCUT2D eigenvalue weighted by molar-refractivity contribution is 6.34. The van der Waals surface area contributed by atoms with Crippen LogP contribution in [-0.2, 0) is 14.3 Å². The second-order valence-corrected chi connectivity index (χ2v) is 7.60. The van der Waals surface area contributed by atoms with Crippen molar-refractivity contribution in [1.82, 2.24) is 14.7 Å². The number of rotatable bonds is 5. The molecule has 0 aromatic heterocycles. The summed E-state index contributed by atoms with van der Waals surface area (Å²) < 4.78 is 4.91. The molecule has 3 aliphatic heterocycles. The van der Waals surface area contributed by atoms with Crippen LogP contribution in [0.3, 0.4) is 0 Å². The Morgan fingerprint density at radius 3 is 2.70 bits per heavy atom. The van der Waals surface area contributed by atoms with Crippen molar-refractivity contribution in [2.24, 2.45) is 4.99 Å². The molecule has 0 N–H and O–H groups in total. The number of fused-ring (bicyclic) bond motifs is 3. The fraction of sp³-hybridized carbons (Fsp3) is 0.400. The summed E-state index contributed by atoms with van der Waals surface area (Å²) in [5, 5.41) is 0.552. The Bertz CT molecular complexity index is 978. The van der Waals surface area contributed by atoms with Gasteiger partial charge in [-0.1, -0.05) is 23.7 Å². The number of hydrogen-bond acceptors (Lipinski definition) is 7. The van der Waals surface area contributed by atoms with Crippen molar-refractivity contribution in [1.29, 1.82) is 0 Å². The van der Waals surface area contributed by atoms with Gasteiger partial charge in [0.25, 0.3) is 5.91 Å². The minimum atomic E-state index is -0.702. The summed E-state index contributed by atoms with van der Waals surface area (Å²) in [4.78, 5) is 48.6. The van der Waals surface area contributed by atoms with Crippen LogP contribution in [0.2, 0.25) is 5.02 Å². The van der Waals surface area contributed by atoms with Gasteiger partial charge in [0.1, 0.15) is 0 Å². The molecule has 3 heterocycles. The van der Waals surface area contributed by atoms with Crippen molar-refractivity contribution in [2.45, 2.75) is 32.5 Å². The van der Waals surface area contributed by atoms with Gasteiger partial charge >= 0.3 is 12.0 Å². The van der Waals surface area contributed by atoms with Crippen LogP contribution in [0.1, 0.15) is 20.3 Å². The maximum Gasteiger partial charge on any atom is 0.328 e. The first kappa shape index (κ1) is 20.2. The number of esters is 1. The summed E-state index contributed by atoms with van der Waals surface area (Å²) in [5.74, 6) is -0.305. The van der Waals surface area contributed by atoms with Crippen LogP contribution >= 0.6 is 11.6 Å². The molecule has 4 rings (SSSR count). The number of nitrogens with zero attached hydrogens (tertiary/aromatic N) is 5. The van der Waals surface area contributed by atoms with Gasteiger partial charge in [0, 0.05) is 25.5 Å². The summed E-state index contributed by atoms with van der Waals surface area (Å²) in [6.45, 7) is 3.82. The maximum atomic E-state index is 13.2. The van der Waals surface area contributed by atoms with E-state index < -0.39 is 30.1 Å². The first-order valence-electron chi connectivity index (χ1n) is 9.68. The van der Waals surface area contributed by atoms with Crippen LogP contribution in [0.4, 0.5) is 10.5 Å². The van der Waals surface area contributed by atoms with Gasteiger partial charge < -0.3 is 14.5 Å². The fourth-order valence-corrected chi connectivity index (χ4v) is 4.15. The molecule has 1 aromatic rings. The highest BCUT2D eigenvalue weighted by atomic mass is 35.5. The quantitative estimate of drug-likeness (QED) is 0.664. The van der Waals surface area contributed by atoms with Crippen LogP contribution in [0.25, 0.3) is 0 Å². The van der Waals surface area contributed by atoms with Crippen molar-refractivity contribution >= 4 is 41.2 Å². The largest absolute Gasteiger partial charge is 0.466 e. The summed E-state index contributed by atoms with van der Waals surface area (Å²) in [6.07, 6.45) is 1.12. The summed E-state index contributed by atoms with van der Waals surface area (Å²) in [7, 11) is 1.60. The number of carbonyl (C=O) groups excluding carboxylic acids is 3. The zero-order valence-electron chi connectivity index (χ0n) is 16.9. The van der Waals surface area contributed by atoms with Gasteiger partial charge in [0.2, 0.25) is 5.96 Å². The molecule has 3 amide bonds. The highest BCUT2D eigenvalue weighted by Gasteiger charge is 2.54. The minimum Gasteiger partial charge on any atom is -0.466 e. The van der Waals surface area contributed by atoms with Crippen molar-refractivity contribution in [2.75, 3.05) is 25.1 Å². The number of anilines is 1. The Morgan fingerprint density at radius 1 is 1.27 bits per heavy atom. The average molecular weight is 432 g/mol. The Morgan fingerprint density at radius 2 is 2.00 bits per heavy atom. The lowest BCUT2D eigenvalue weighted by Gasteiger charge is -2.40. The first-order chi connectivity index (χ1) is 14.3. The Hall–Kier alpha value is -3.07. The van der Waals surface area contributed by atoms with Crippen molar-refractivity contribution < 1.29 is 19.1 Å². The molecule has 0 spiro atoms. The molecule has 9 nitrogen and oxygen atoms in total. The molecule has 2 unspecified atom stereocenters. The number of aliphatic imine (C=N–C) groups is 1. The van der Waals surface area contributed by atoms with Gasteiger partial charge in [-0.25, -0.2) is 9.79 Å². The van der Waals surface area contributed by atoms with Gasteiger partial charge in [-0.3, -0.25) is 19.4 Å². The zero-order valence-corrected chi connectivity index (χ0v) is 17.7. The van der Waals surface area contributed by atoms with Crippen LogP contribution < -0.4 is 4.90 Å². The maximum absolute atomic E-state index is 13.2. The third-order valence-electron chi connectivity index (χ3n) is 5.33. The monoisotopic (exact) mass is 431 g/mol. The van der Waals surface area contributed by atoms with E-state index in [-0.39, 0.29) is 19.6 Å². The van der Waals surface area contributed by atoms with Crippen molar-refractivity contribution in [3.63, 3.8) is 0 Å². The molecule has 0 aliphatic carbocycles. The van der Waals surface area contributed by atoms with E-state index in [1.807, 2.05) is 36.2 Å². The molecule has 10 heteroatoms. The van der Waals surface area contributed by atoms with E-state index >= 15 is 0 Å². The third-order valence-corrected chi connectivity index (χ3v) is 5.65. The molecule has 30 heavy (non-hydrogen) atoms. The molecule has 0 saturated carbocycles. The summed E-state index contributed by atoms with van der Waals surface area (Å²) >= 11 is 6.39. The smallest absolute Gasteiger partial charge is 0.328 e. The molecule has 158 valence electrons. The highest BCUT2D eigenvalue weighted by Crippen LogP contribution is 2.38. The van der Waals surface area contributed by atoms with Gasteiger partial charge in [-0.05, 0) is 26.0 Å². The number of guanidine groups is 1. The number of hydrogen-bond donors (Lipinski definition) is 0. The average Bonchev–Trinajstić information content (AvgIpc) is 3.22. The van der Waals surface area contributed by atoms with E-state index in [0.717, 1.165) is 16.3 Å². The summed E-state index contributed by atoms with van der Waals surface area (Å²) in [5.41, 5.74) is 1.60. The van der Waals surface area contributed by atoms with Gasteiger partial charge in [-0.2, -0.15) is 0 Å². The molecule has 2 atom stereocenters. The first-order valence-corrected chi connectivity index (χ1v) is 10.1. The Kier molecular flexibility index (Phi) is 5.15. The number of carbonyl (C=O) groups is 3. The third kappa shape index (κ3) is 3.09. The lowest BCUT2D eigenvalue weighted by atomic mass is 10.1. The molecular weight excluding hydrogens is 410 g/mol. The normalized spacial score (nSPS) is 22.8. The van der Waals surface area contributed by atoms with E-state index in [1.165, 1.54) is 4.90 Å². The van der Waals surface area contributed by atoms with Gasteiger partial charge in [-0.15, -0.1) is 0 Å².